The molecule has 0 spiro atoms. The van der Waals surface area contributed by atoms with Crippen LogP contribution in [0.15, 0.2) is 24.0 Å². The number of aromatic hydroxyl groups is 1. The maximum absolute atomic E-state index is 11.1. The van der Waals surface area contributed by atoms with Crippen molar-refractivity contribution in [1.82, 2.24) is 9.55 Å². The predicted molar refractivity (Wildman–Crippen MR) is 46.6 cm³/mol. The molecule has 0 atom stereocenters. The van der Waals surface area contributed by atoms with Gasteiger partial charge in [0.1, 0.15) is 5.82 Å². The van der Waals surface area contributed by atoms with Crippen LogP contribution in [0.1, 0.15) is 5.82 Å². The Labute approximate surface area is 69.1 Å². The molecule has 0 saturated heterocycles. The summed E-state index contributed by atoms with van der Waals surface area (Å²) in [5.74, 6) is -0.0389. The lowest BCUT2D eigenvalue weighted by Gasteiger charge is -2.01. The molecular weight excluding hydrogens is 156 g/mol. The Bertz CT molecular complexity index is 379. The zero-order valence-corrected chi connectivity index (χ0v) is 6.40. The molecule has 4 nitrogen and oxygen atoms in total. The summed E-state index contributed by atoms with van der Waals surface area (Å²) in [5, 5.41) is 8.94. The van der Waals surface area contributed by atoms with Gasteiger partial charge in [-0.3, -0.25) is 9.36 Å². The Kier molecular flexibility index (Phi) is 2.09. The van der Waals surface area contributed by atoms with Gasteiger partial charge in [0.05, 0.1) is 6.07 Å². The number of hydrogen-bond acceptors (Lipinski definition) is 3. The zero-order chi connectivity index (χ0) is 9.14. The third-order valence-corrected chi connectivity index (χ3v) is 1.33. The lowest BCUT2D eigenvalue weighted by atomic mass is 10.5. The first-order chi connectivity index (χ1) is 5.69. The monoisotopic (exact) mass is 164 g/mol. The molecule has 0 unspecified atom stereocenters. The molecule has 62 valence electrons. The van der Waals surface area contributed by atoms with Crippen LogP contribution in [0.25, 0.3) is 12.3 Å². The lowest BCUT2D eigenvalue weighted by molar-refractivity contribution is 0.449. The van der Waals surface area contributed by atoms with Gasteiger partial charge in [0, 0.05) is 6.20 Å². The Morgan fingerprint density at radius 1 is 1.58 bits per heavy atom. The van der Waals surface area contributed by atoms with Crippen molar-refractivity contribution in [2.75, 3.05) is 0 Å². The molecule has 1 aromatic rings. The van der Waals surface area contributed by atoms with Crippen molar-refractivity contribution >= 4 is 12.3 Å². The number of aromatic nitrogens is 2. The molecule has 0 aliphatic carbocycles. The van der Waals surface area contributed by atoms with E-state index in [2.05, 4.69) is 18.1 Å². The summed E-state index contributed by atoms with van der Waals surface area (Å²) in [5.41, 5.74) is -0.382. The molecule has 1 N–H and O–H groups in total. The first-order valence-electron chi connectivity index (χ1n) is 3.26. The third kappa shape index (κ3) is 1.27. The van der Waals surface area contributed by atoms with E-state index in [0.29, 0.717) is 0 Å². The molecular formula is C8H8N2O2. The molecule has 0 bridgehead atoms. The maximum Gasteiger partial charge on any atom is 0.261 e. The molecule has 0 amide bonds. The zero-order valence-electron chi connectivity index (χ0n) is 6.40. The van der Waals surface area contributed by atoms with Crippen molar-refractivity contribution in [1.29, 1.82) is 0 Å². The minimum absolute atomic E-state index is 0.273. The van der Waals surface area contributed by atoms with Gasteiger partial charge in [-0.15, -0.1) is 0 Å². The summed E-state index contributed by atoms with van der Waals surface area (Å²) in [6.45, 7) is 6.86. The fourth-order valence-corrected chi connectivity index (χ4v) is 0.824. The first-order valence-corrected chi connectivity index (χ1v) is 3.26. The number of hydrogen-bond donors (Lipinski definition) is 1. The molecule has 1 heterocycles. The highest BCUT2D eigenvalue weighted by molar-refractivity contribution is 5.42. The summed E-state index contributed by atoms with van der Waals surface area (Å²) >= 11 is 0. The maximum atomic E-state index is 11.1. The first kappa shape index (κ1) is 8.26. The van der Waals surface area contributed by atoms with E-state index in [-0.39, 0.29) is 17.3 Å². The number of rotatable bonds is 2. The van der Waals surface area contributed by atoms with Gasteiger partial charge in [0.25, 0.3) is 5.56 Å². The van der Waals surface area contributed by atoms with Crippen LogP contribution in [0, 0.1) is 0 Å². The molecule has 0 saturated carbocycles. The predicted octanol–water partition coefficient (Wildman–Crippen LogP) is 0.692. The Morgan fingerprint density at radius 2 is 2.25 bits per heavy atom. The molecule has 0 aliphatic heterocycles. The topological polar surface area (TPSA) is 55.1 Å². The molecule has 0 radical (unpaired) electrons. The Balaban J connectivity index is 3.54. The number of nitrogens with zero attached hydrogens (tertiary/aromatic N) is 2. The molecule has 1 aromatic heterocycles. The summed E-state index contributed by atoms with van der Waals surface area (Å²) in [6, 6.07) is 1.01. The van der Waals surface area contributed by atoms with Gasteiger partial charge in [0.15, 0.2) is 0 Å². The van der Waals surface area contributed by atoms with Crippen molar-refractivity contribution in [2.45, 2.75) is 0 Å². The van der Waals surface area contributed by atoms with Gasteiger partial charge >= 0.3 is 0 Å². The van der Waals surface area contributed by atoms with Crippen molar-refractivity contribution in [3.05, 3.63) is 35.4 Å². The van der Waals surface area contributed by atoms with Gasteiger partial charge in [0.2, 0.25) is 5.88 Å². The van der Waals surface area contributed by atoms with Gasteiger partial charge in [-0.25, -0.2) is 0 Å². The molecule has 12 heavy (non-hydrogen) atoms. The van der Waals surface area contributed by atoms with Crippen LogP contribution in [-0.4, -0.2) is 14.7 Å². The second-order valence-electron chi connectivity index (χ2n) is 2.07. The van der Waals surface area contributed by atoms with E-state index in [0.717, 1.165) is 6.07 Å². The smallest absolute Gasteiger partial charge is 0.261 e. The van der Waals surface area contributed by atoms with Gasteiger partial charge in [-0.05, 0) is 6.08 Å². The van der Waals surface area contributed by atoms with E-state index >= 15 is 0 Å². The highest BCUT2D eigenvalue weighted by Crippen LogP contribution is 2.02. The summed E-state index contributed by atoms with van der Waals surface area (Å²) in [6.07, 6.45) is 2.68. The van der Waals surface area contributed by atoms with E-state index in [1.54, 1.807) is 0 Å². The van der Waals surface area contributed by atoms with E-state index in [1.165, 1.54) is 16.8 Å². The third-order valence-electron chi connectivity index (χ3n) is 1.33. The molecule has 0 fully saturated rings. The van der Waals surface area contributed by atoms with Crippen LogP contribution in [0.2, 0.25) is 0 Å². The molecule has 1 rings (SSSR count). The summed E-state index contributed by atoms with van der Waals surface area (Å²) in [7, 11) is 0. The van der Waals surface area contributed by atoms with Crippen LogP contribution in [0.4, 0.5) is 0 Å². The van der Waals surface area contributed by atoms with Crippen LogP contribution >= 0.6 is 0 Å². The van der Waals surface area contributed by atoms with Crippen LogP contribution in [0.5, 0.6) is 5.88 Å². The minimum atomic E-state index is -0.382. The second-order valence-corrected chi connectivity index (χ2v) is 2.07. The van der Waals surface area contributed by atoms with Gasteiger partial charge in [-0.2, -0.15) is 4.98 Å². The van der Waals surface area contributed by atoms with Crippen molar-refractivity contribution in [3.8, 4) is 5.88 Å². The fourth-order valence-electron chi connectivity index (χ4n) is 0.824. The fraction of sp³-hybridized carbons (Fsp3) is 0. The Morgan fingerprint density at radius 3 is 2.75 bits per heavy atom. The quantitative estimate of drug-likeness (QED) is 0.699. The summed E-state index contributed by atoms with van der Waals surface area (Å²) < 4.78 is 1.19. The highest BCUT2D eigenvalue weighted by atomic mass is 16.3. The molecule has 0 aromatic carbocycles. The average molecular weight is 164 g/mol. The Hall–Kier alpha value is -1.84. The van der Waals surface area contributed by atoms with Crippen LogP contribution < -0.4 is 5.56 Å². The SMILES string of the molecule is C=Cc1nc(O)cc(=O)n1C=C. The molecule has 0 aliphatic rings. The van der Waals surface area contributed by atoms with Crippen LogP contribution in [0.3, 0.4) is 0 Å². The normalized spacial score (nSPS) is 9.33. The summed E-state index contributed by atoms with van der Waals surface area (Å²) in [4.78, 5) is 14.7. The lowest BCUT2D eigenvalue weighted by Crippen LogP contribution is -2.17. The van der Waals surface area contributed by atoms with Crippen molar-refractivity contribution in [3.63, 3.8) is 0 Å². The standard InChI is InChI=1S/C8H8N2O2/c1-3-6-9-7(11)5-8(12)10(6)4-2/h3-5,11H,1-2H2. The van der Waals surface area contributed by atoms with E-state index in [9.17, 15) is 4.79 Å². The van der Waals surface area contributed by atoms with E-state index < -0.39 is 0 Å². The van der Waals surface area contributed by atoms with E-state index in [1.807, 2.05) is 0 Å². The van der Waals surface area contributed by atoms with Crippen molar-refractivity contribution < 1.29 is 5.11 Å². The minimum Gasteiger partial charge on any atom is -0.493 e. The highest BCUT2D eigenvalue weighted by Gasteiger charge is 2.00. The second kappa shape index (κ2) is 3.04. The van der Waals surface area contributed by atoms with Crippen LogP contribution in [-0.2, 0) is 0 Å². The van der Waals surface area contributed by atoms with Gasteiger partial charge < -0.3 is 5.11 Å². The molecule has 4 heteroatoms. The average Bonchev–Trinajstić information content (AvgIpc) is 2.03. The largest absolute Gasteiger partial charge is 0.493 e. The van der Waals surface area contributed by atoms with E-state index in [4.69, 9.17) is 5.11 Å². The van der Waals surface area contributed by atoms with Gasteiger partial charge in [-0.1, -0.05) is 13.2 Å². The van der Waals surface area contributed by atoms with Crippen molar-refractivity contribution in [2.24, 2.45) is 0 Å².